The summed E-state index contributed by atoms with van der Waals surface area (Å²) in [5.74, 6) is -0.117. The molecule has 1 aliphatic rings. The van der Waals surface area contributed by atoms with Crippen LogP contribution in [0.5, 0.6) is 0 Å². The number of carbonyl (C=O) groups excluding carboxylic acids is 1. The fraction of sp³-hybridized carbons (Fsp3) is 0.300. The van der Waals surface area contributed by atoms with Gasteiger partial charge in [0.2, 0.25) is 0 Å². The minimum Gasteiger partial charge on any atom is -0.345 e. The van der Waals surface area contributed by atoms with Gasteiger partial charge in [0.25, 0.3) is 5.91 Å². The van der Waals surface area contributed by atoms with Gasteiger partial charge in [-0.15, -0.1) is 0 Å². The van der Waals surface area contributed by atoms with Crippen molar-refractivity contribution >= 4 is 58.4 Å². The highest BCUT2D eigenvalue weighted by Crippen LogP contribution is 2.31. The number of hydrogen-bond donors (Lipinski definition) is 0. The van der Waals surface area contributed by atoms with Gasteiger partial charge in [0.1, 0.15) is 0 Å². The van der Waals surface area contributed by atoms with Gasteiger partial charge in [-0.05, 0) is 36.4 Å². The van der Waals surface area contributed by atoms with Crippen molar-refractivity contribution in [3.63, 3.8) is 0 Å². The number of fused-ring (bicyclic) bond motifs is 1. The van der Waals surface area contributed by atoms with Crippen LogP contribution < -0.4 is 4.90 Å². The molecule has 1 saturated heterocycles. The smallest absolute Gasteiger partial charge is 0.254 e. The maximum absolute atomic E-state index is 12.9. The molecule has 2 heterocycles. The number of anilines is 1. The van der Waals surface area contributed by atoms with Crippen LogP contribution >= 0.6 is 27.3 Å². The molecule has 1 aliphatic heterocycles. The summed E-state index contributed by atoms with van der Waals surface area (Å²) < 4.78 is 26.4. The molecule has 9 heteroatoms. The van der Waals surface area contributed by atoms with E-state index in [0.717, 1.165) is 19.8 Å². The average Bonchev–Trinajstić information content (AvgIpc) is 3.16. The van der Waals surface area contributed by atoms with Crippen LogP contribution in [-0.4, -0.2) is 56.1 Å². The Labute approximate surface area is 182 Å². The average molecular weight is 494 g/mol. The summed E-state index contributed by atoms with van der Waals surface area (Å²) >= 11 is 5.13. The van der Waals surface area contributed by atoms with Crippen molar-refractivity contribution in [1.82, 2.24) is 9.88 Å². The zero-order chi connectivity index (χ0) is 20.6. The number of nitrogens with zero attached hydrogens (tertiary/aromatic N) is 3. The van der Waals surface area contributed by atoms with E-state index >= 15 is 0 Å². The number of carbonyl (C=O) groups is 1. The molecule has 2 aromatic carbocycles. The van der Waals surface area contributed by atoms with Gasteiger partial charge in [0, 0.05) is 36.2 Å². The second-order valence-corrected chi connectivity index (χ2v) is 11.0. The van der Waals surface area contributed by atoms with E-state index in [2.05, 4.69) is 26.9 Å². The van der Waals surface area contributed by atoms with E-state index in [1.807, 2.05) is 12.1 Å². The Hall–Kier alpha value is -1.97. The van der Waals surface area contributed by atoms with Crippen LogP contribution in [0.1, 0.15) is 17.3 Å². The number of rotatable bonds is 4. The molecular weight excluding hydrogens is 474 g/mol. The monoisotopic (exact) mass is 493 g/mol. The van der Waals surface area contributed by atoms with E-state index in [1.165, 1.54) is 6.07 Å². The van der Waals surface area contributed by atoms with Crippen molar-refractivity contribution in [2.45, 2.75) is 11.8 Å². The van der Waals surface area contributed by atoms with Crippen molar-refractivity contribution in [2.75, 3.05) is 36.8 Å². The third kappa shape index (κ3) is 4.17. The van der Waals surface area contributed by atoms with Crippen LogP contribution in [0.15, 0.2) is 51.8 Å². The normalized spacial score (nSPS) is 15.1. The van der Waals surface area contributed by atoms with Crippen LogP contribution in [0, 0.1) is 0 Å². The number of hydrogen-bond acceptors (Lipinski definition) is 6. The van der Waals surface area contributed by atoms with Crippen LogP contribution in [0.4, 0.5) is 5.13 Å². The molecule has 152 valence electrons. The minimum absolute atomic E-state index is 0.0159. The quantitative estimate of drug-likeness (QED) is 0.552. The molecule has 0 atom stereocenters. The van der Waals surface area contributed by atoms with Crippen LogP contribution in [0.25, 0.3) is 10.2 Å². The van der Waals surface area contributed by atoms with Gasteiger partial charge in [-0.2, -0.15) is 0 Å². The van der Waals surface area contributed by atoms with E-state index in [9.17, 15) is 13.2 Å². The lowest BCUT2D eigenvalue weighted by molar-refractivity contribution is 0.0746. The standard InChI is InChI=1S/C20H20BrN3O3S2/c1-2-29(26,27)16-5-3-4-14(12-16)19(25)23-8-10-24(11-9-23)20-22-17-7-6-15(21)13-18(17)28-20/h3-7,12-13H,2,8-11H2,1H3. The number of aromatic nitrogens is 1. The molecule has 29 heavy (non-hydrogen) atoms. The molecule has 0 unspecified atom stereocenters. The molecule has 0 spiro atoms. The maximum Gasteiger partial charge on any atom is 0.254 e. The summed E-state index contributed by atoms with van der Waals surface area (Å²) in [6, 6.07) is 12.4. The predicted molar refractivity (Wildman–Crippen MR) is 120 cm³/mol. The molecule has 3 aromatic rings. The van der Waals surface area contributed by atoms with Crippen LogP contribution in [0.3, 0.4) is 0 Å². The Kier molecular flexibility index (Phi) is 5.63. The molecule has 6 nitrogen and oxygen atoms in total. The number of piperazine rings is 1. The molecule has 4 rings (SSSR count). The topological polar surface area (TPSA) is 70.6 Å². The fourth-order valence-electron chi connectivity index (χ4n) is 3.29. The molecule has 0 aliphatic carbocycles. The zero-order valence-corrected chi connectivity index (χ0v) is 19.1. The highest BCUT2D eigenvalue weighted by atomic mass is 79.9. The highest BCUT2D eigenvalue weighted by molar-refractivity contribution is 9.10. The fourth-order valence-corrected chi connectivity index (χ4v) is 5.79. The van der Waals surface area contributed by atoms with E-state index in [1.54, 1.807) is 41.4 Å². The van der Waals surface area contributed by atoms with E-state index < -0.39 is 9.84 Å². The first-order valence-electron chi connectivity index (χ1n) is 9.30. The van der Waals surface area contributed by atoms with Gasteiger partial charge >= 0.3 is 0 Å². The predicted octanol–water partition coefficient (Wildman–Crippen LogP) is 3.81. The number of halogens is 1. The van der Waals surface area contributed by atoms with Crippen molar-refractivity contribution < 1.29 is 13.2 Å². The van der Waals surface area contributed by atoms with Gasteiger partial charge < -0.3 is 9.80 Å². The lowest BCUT2D eigenvalue weighted by atomic mass is 10.2. The zero-order valence-electron chi connectivity index (χ0n) is 15.8. The van der Waals surface area contributed by atoms with Crippen LogP contribution in [-0.2, 0) is 9.84 Å². The molecule has 0 saturated carbocycles. The Morgan fingerprint density at radius 3 is 2.62 bits per heavy atom. The number of thiazole rings is 1. The van der Waals surface area contributed by atoms with E-state index in [0.29, 0.717) is 31.7 Å². The molecule has 1 aromatic heterocycles. The van der Waals surface area contributed by atoms with Crippen LogP contribution in [0.2, 0.25) is 0 Å². The van der Waals surface area contributed by atoms with E-state index in [-0.39, 0.29) is 16.6 Å². The van der Waals surface area contributed by atoms with Crippen molar-refractivity contribution in [1.29, 1.82) is 0 Å². The lowest BCUT2D eigenvalue weighted by Crippen LogP contribution is -2.48. The summed E-state index contributed by atoms with van der Waals surface area (Å²) in [5, 5.41) is 0.959. The number of benzene rings is 2. The largest absolute Gasteiger partial charge is 0.345 e. The Bertz CT molecular complexity index is 1170. The molecule has 1 amide bonds. The van der Waals surface area contributed by atoms with Gasteiger partial charge in [-0.25, -0.2) is 13.4 Å². The first-order valence-corrected chi connectivity index (χ1v) is 12.6. The lowest BCUT2D eigenvalue weighted by Gasteiger charge is -2.34. The summed E-state index contributed by atoms with van der Waals surface area (Å²) in [5.41, 5.74) is 1.39. The Morgan fingerprint density at radius 2 is 1.90 bits per heavy atom. The first-order chi connectivity index (χ1) is 13.9. The molecule has 0 N–H and O–H groups in total. The summed E-state index contributed by atoms with van der Waals surface area (Å²) in [4.78, 5) is 21.8. The second kappa shape index (κ2) is 8.04. The second-order valence-electron chi connectivity index (χ2n) is 6.82. The molecular formula is C20H20BrN3O3S2. The van der Waals surface area contributed by atoms with Gasteiger partial charge in [0.05, 0.1) is 20.9 Å². The third-order valence-electron chi connectivity index (χ3n) is 5.00. The maximum atomic E-state index is 12.9. The number of amides is 1. The Morgan fingerprint density at radius 1 is 1.14 bits per heavy atom. The number of sulfone groups is 1. The first kappa shape index (κ1) is 20.3. The van der Waals surface area contributed by atoms with Gasteiger partial charge in [0.15, 0.2) is 15.0 Å². The van der Waals surface area contributed by atoms with Gasteiger partial charge in [-0.3, -0.25) is 4.79 Å². The summed E-state index contributed by atoms with van der Waals surface area (Å²) in [7, 11) is -3.33. The molecule has 1 fully saturated rings. The SMILES string of the molecule is CCS(=O)(=O)c1cccc(C(=O)N2CCN(c3nc4ccc(Br)cc4s3)CC2)c1. The summed E-state index contributed by atoms with van der Waals surface area (Å²) in [6.07, 6.45) is 0. The van der Waals surface area contributed by atoms with Gasteiger partial charge in [-0.1, -0.05) is 40.3 Å². The third-order valence-corrected chi connectivity index (χ3v) is 8.30. The Balaban J connectivity index is 1.46. The van der Waals surface area contributed by atoms with Crippen molar-refractivity contribution in [2.24, 2.45) is 0 Å². The molecule has 0 bridgehead atoms. The summed E-state index contributed by atoms with van der Waals surface area (Å²) in [6.45, 7) is 4.13. The van der Waals surface area contributed by atoms with Crippen molar-refractivity contribution in [3.8, 4) is 0 Å². The highest BCUT2D eigenvalue weighted by Gasteiger charge is 2.25. The minimum atomic E-state index is -3.33. The van der Waals surface area contributed by atoms with Crippen molar-refractivity contribution in [3.05, 3.63) is 52.5 Å². The molecule has 0 radical (unpaired) electrons. The van der Waals surface area contributed by atoms with E-state index in [4.69, 9.17) is 4.98 Å².